The molecule has 0 atom stereocenters. The van der Waals surface area contributed by atoms with Crippen LogP contribution in [0.3, 0.4) is 0 Å². The lowest BCUT2D eigenvalue weighted by Gasteiger charge is -1.98. The van der Waals surface area contributed by atoms with Gasteiger partial charge in [-0.15, -0.1) is 0 Å². The van der Waals surface area contributed by atoms with Gasteiger partial charge in [0.2, 0.25) is 0 Å². The number of nitrogens with zero attached hydrogens (tertiary/aromatic N) is 1. The maximum atomic E-state index is 13.0. The quantitative estimate of drug-likeness (QED) is 0.685. The molecular formula is C9H8FN2. The maximum Gasteiger partial charge on any atom is 0.150 e. The van der Waals surface area contributed by atoms with E-state index >= 15 is 0 Å². The second kappa shape index (κ2) is 2.59. The van der Waals surface area contributed by atoms with Gasteiger partial charge in [-0.05, 0) is 19.4 Å². The number of nitrogens with one attached hydrogen (secondary N) is 1. The van der Waals surface area contributed by atoms with Gasteiger partial charge in [-0.25, -0.2) is 4.39 Å². The van der Waals surface area contributed by atoms with Gasteiger partial charge in [0.15, 0.2) is 5.82 Å². The van der Waals surface area contributed by atoms with Crippen molar-refractivity contribution in [1.82, 2.24) is 9.97 Å². The van der Waals surface area contributed by atoms with Crippen molar-refractivity contribution in [3.05, 3.63) is 36.9 Å². The molecule has 2 rings (SSSR count). The maximum absolute atomic E-state index is 13.0. The average Bonchev–Trinajstić information content (AvgIpc) is 2.54. The first-order valence-electron chi connectivity index (χ1n) is 3.72. The Labute approximate surface area is 69.4 Å². The minimum absolute atomic E-state index is 0.288. The van der Waals surface area contributed by atoms with Crippen LogP contribution < -0.4 is 0 Å². The number of rotatable bonds is 1. The average molecular weight is 163 g/mol. The second-order valence-corrected chi connectivity index (χ2v) is 2.57. The zero-order chi connectivity index (χ0) is 8.55. The van der Waals surface area contributed by atoms with Gasteiger partial charge in [0.25, 0.3) is 0 Å². The first-order chi connectivity index (χ1) is 5.83. The number of hydrogen-bond donors (Lipinski definition) is 1. The Hall–Kier alpha value is -1.38. The Kier molecular flexibility index (Phi) is 1.57. The lowest BCUT2D eigenvalue weighted by Crippen LogP contribution is -1.90. The molecule has 0 saturated carbocycles. The number of halogens is 1. The molecule has 2 aromatic heterocycles. The van der Waals surface area contributed by atoms with E-state index in [0.717, 1.165) is 11.2 Å². The van der Waals surface area contributed by atoms with Crippen molar-refractivity contribution in [3.8, 4) is 0 Å². The third-order valence-electron chi connectivity index (χ3n) is 1.86. The molecule has 1 N–H and O–H groups in total. The van der Waals surface area contributed by atoms with E-state index in [-0.39, 0.29) is 5.82 Å². The van der Waals surface area contributed by atoms with Crippen molar-refractivity contribution in [2.75, 3.05) is 0 Å². The zero-order valence-corrected chi connectivity index (χ0v) is 6.47. The standard InChI is InChI=1S/C9H8FN2/c1-2-8-9-6(3-4-11-9)7(10)5-12-8/h3-5,11H,1-2H2. The Morgan fingerprint density at radius 2 is 2.42 bits per heavy atom. The monoisotopic (exact) mass is 163 g/mol. The van der Waals surface area contributed by atoms with Crippen LogP contribution in [0.4, 0.5) is 4.39 Å². The van der Waals surface area contributed by atoms with Crippen LogP contribution in [0.25, 0.3) is 10.9 Å². The van der Waals surface area contributed by atoms with Gasteiger partial charge < -0.3 is 4.98 Å². The highest BCUT2D eigenvalue weighted by atomic mass is 19.1. The summed E-state index contributed by atoms with van der Waals surface area (Å²) in [7, 11) is 0. The number of H-pyrrole nitrogens is 1. The van der Waals surface area contributed by atoms with E-state index in [1.807, 2.05) is 0 Å². The lowest BCUT2D eigenvalue weighted by molar-refractivity contribution is 0.633. The van der Waals surface area contributed by atoms with Gasteiger partial charge in [0, 0.05) is 11.6 Å². The van der Waals surface area contributed by atoms with E-state index < -0.39 is 0 Å². The van der Waals surface area contributed by atoms with E-state index in [4.69, 9.17) is 0 Å². The van der Waals surface area contributed by atoms with Gasteiger partial charge in [-0.1, -0.05) is 0 Å². The third kappa shape index (κ3) is 0.897. The molecule has 12 heavy (non-hydrogen) atoms. The summed E-state index contributed by atoms with van der Waals surface area (Å²) in [4.78, 5) is 6.87. The normalized spacial score (nSPS) is 10.8. The number of fused-ring (bicyclic) bond motifs is 1. The Balaban J connectivity index is 2.82. The summed E-state index contributed by atoms with van der Waals surface area (Å²) in [5.41, 5.74) is 1.56. The molecule has 0 aliphatic carbocycles. The summed E-state index contributed by atoms with van der Waals surface area (Å²) in [6.45, 7) is 3.71. The highest BCUT2D eigenvalue weighted by Gasteiger charge is 2.05. The van der Waals surface area contributed by atoms with Crippen LogP contribution in [0.5, 0.6) is 0 Å². The smallest absolute Gasteiger partial charge is 0.150 e. The fourth-order valence-electron chi connectivity index (χ4n) is 1.27. The molecule has 0 unspecified atom stereocenters. The second-order valence-electron chi connectivity index (χ2n) is 2.57. The van der Waals surface area contributed by atoms with Crippen LogP contribution >= 0.6 is 0 Å². The van der Waals surface area contributed by atoms with Crippen LogP contribution in [0.1, 0.15) is 5.69 Å². The minimum Gasteiger partial charge on any atom is -0.360 e. The molecule has 2 heterocycles. The fraction of sp³-hybridized carbons (Fsp3) is 0.111. The Bertz CT molecular complexity index is 406. The molecule has 1 radical (unpaired) electrons. The fourth-order valence-corrected chi connectivity index (χ4v) is 1.27. The van der Waals surface area contributed by atoms with Crippen LogP contribution in [0, 0.1) is 12.7 Å². The number of aromatic nitrogens is 2. The first kappa shape index (κ1) is 7.28. The van der Waals surface area contributed by atoms with Crippen molar-refractivity contribution in [3.63, 3.8) is 0 Å². The third-order valence-corrected chi connectivity index (χ3v) is 1.86. The van der Waals surface area contributed by atoms with E-state index in [1.165, 1.54) is 6.20 Å². The van der Waals surface area contributed by atoms with Crippen LogP contribution in [0.2, 0.25) is 0 Å². The van der Waals surface area contributed by atoms with Crippen LogP contribution in [-0.2, 0) is 6.42 Å². The number of pyridine rings is 1. The largest absolute Gasteiger partial charge is 0.360 e. The molecule has 0 fully saturated rings. The Morgan fingerprint density at radius 3 is 3.17 bits per heavy atom. The molecule has 0 saturated heterocycles. The van der Waals surface area contributed by atoms with Crippen molar-refractivity contribution >= 4 is 10.9 Å². The van der Waals surface area contributed by atoms with Gasteiger partial charge in [0.1, 0.15) is 0 Å². The van der Waals surface area contributed by atoms with Crippen molar-refractivity contribution < 1.29 is 4.39 Å². The van der Waals surface area contributed by atoms with Crippen LogP contribution in [0.15, 0.2) is 18.5 Å². The molecule has 2 aromatic rings. The van der Waals surface area contributed by atoms with Gasteiger partial charge in [0.05, 0.1) is 17.4 Å². The molecule has 0 amide bonds. The van der Waals surface area contributed by atoms with Crippen molar-refractivity contribution in [2.45, 2.75) is 6.42 Å². The van der Waals surface area contributed by atoms with Gasteiger partial charge in [-0.3, -0.25) is 4.98 Å². The summed E-state index contributed by atoms with van der Waals surface area (Å²) in [6, 6.07) is 1.70. The van der Waals surface area contributed by atoms with Crippen LogP contribution in [-0.4, -0.2) is 9.97 Å². The topological polar surface area (TPSA) is 28.7 Å². The summed E-state index contributed by atoms with van der Waals surface area (Å²) < 4.78 is 13.0. The van der Waals surface area contributed by atoms with Crippen molar-refractivity contribution in [2.24, 2.45) is 0 Å². The Morgan fingerprint density at radius 1 is 1.58 bits per heavy atom. The zero-order valence-electron chi connectivity index (χ0n) is 6.47. The predicted molar refractivity (Wildman–Crippen MR) is 45.1 cm³/mol. The first-order valence-corrected chi connectivity index (χ1v) is 3.72. The summed E-state index contributed by atoms with van der Waals surface area (Å²) in [6.07, 6.45) is 3.50. The van der Waals surface area contributed by atoms with E-state index in [2.05, 4.69) is 16.9 Å². The SMILES string of the molecule is [CH2]Cc1ncc(F)c2cc[nH]c12. The highest BCUT2D eigenvalue weighted by Crippen LogP contribution is 2.18. The van der Waals surface area contributed by atoms with Crippen molar-refractivity contribution in [1.29, 1.82) is 0 Å². The number of aromatic amines is 1. The summed E-state index contributed by atoms with van der Waals surface area (Å²) in [5, 5.41) is 0.587. The summed E-state index contributed by atoms with van der Waals surface area (Å²) in [5.74, 6) is -0.288. The molecule has 61 valence electrons. The van der Waals surface area contributed by atoms with Gasteiger partial charge >= 0.3 is 0 Å². The molecule has 0 aliphatic rings. The summed E-state index contributed by atoms with van der Waals surface area (Å²) >= 11 is 0. The van der Waals surface area contributed by atoms with E-state index in [0.29, 0.717) is 11.8 Å². The molecular weight excluding hydrogens is 155 g/mol. The van der Waals surface area contributed by atoms with E-state index in [1.54, 1.807) is 12.3 Å². The lowest BCUT2D eigenvalue weighted by atomic mass is 10.2. The van der Waals surface area contributed by atoms with Gasteiger partial charge in [-0.2, -0.15) is 0 Å². The molecule has 0 bridgehead atoms. The predicted octanol–water partition coefficient (Wildman–Crippen LogP) is 2.08. The molecule has 0 aliphatic heterocycles. The molecule has 3 heteroatoms. The number of hydrogen-bond acceptors (Lipinski definition) is 1. The molecule has 0 spiro atoms. The molecule has 2 nitrogen and oxygen atoms in total. The minimum atomic E-state index is -0.288. The molecule has 0 aromatic carbocycles. The van der Waals surface area contributed by atoms with E-state index in [9.17, 15) is 4.39 Å². The highest BCUT2D eigenvalue weighted by molar-refractivity contribution is 5.81.